The molecule has 1 saturated heterocycles. The van der Waals surface area contributed by atoms with Gasteiger partial charge in [0.1, 0.15) is 24.8 Å². The Hall–Kier alpha value is -2.87. The van der Waals surface area contributed by atoms with E-state index in [1.54, 1.807) is 23.1 Å². The number of aromatic nitrogens is 2. The van der Waals surface area contributed by atoms with E-state index in [4.69, 9.17) is 19.2 Å². The summed E-state index contributed by atoms with van der Waals surface area (Å²) in [5.41, 5.74) is 2.08. The van der Waals surface area contributed by atoms with Crippen LogP contribution < -0.4 is 19.5 Å². The number of rotatable bonds is 4. The first-order chi connectivity index (χ1) is 14.3. The topological polar surface area (TPSA) is 85.8 Å². The highest BCUT2D eigenvalue weighted by molar-refractivity contribution is 5.78. The number of ether oxygens (including phenoxy) is 3. The fourth-order valence-electron chi connectivity index (χ4n) is 3.97. The van der Waals surface area contributed by atoms with E-state index in [1.807, 2.05) is 6.20 Å². The number of nitrogens with zero attached hydrogens (tertiary/aromatic N) is 3. The molecule has 29 heavy (non-hydrogen) atoms. The molecule has 1 aromatic heterocycles. The van der Waals surface area contributed by atoms with E-state index in [0.29, 0.717) is 43.6 Å². The normalized spacial score (nSPS) is 20.3. The second kappa shape index (κ2) is 7.87. The molecule has 1 amide bonds. The van der Waals surface area contributed by atoms with Gasteiger partial charge >= 0.3 is 0 Å². The number of nitrogens with one attached hydrogen (secondary N) is 1. The molecule has 8 heteroatoms. The first-order valence-electron chi connectivity index (χ1n) is 10.1. The predicted molar refractivity (Wildman–Crippen MR) is 104 cm³/mol. The lowest BCUT2D eigenvalue weighted by molar-refractivity contribution is -0.134. The summed E-state index contributed by atoms with van der Waals surface area (Å²) in [6, 6.07) is 5.62. The molecule has 1 N–H and O–H groups in total. The zero-order valence-corrected chi connectivity index (χ0v) is 16.2. The molecule has 1 fully saturated rings. The minimum Gasteiger partial charge on any atom is -0.486 e. The Balaban J connectivity index is 1.19. The van der Waals surface area contributed by atoms with E-state index in [9.17, 15) is 4.79 Å². The third-order valence-electron chi connectivity index (χ3n) is 5.55. The molecule has 3 aliphatic rings. The van der Waals surface area contributed by atoms with Crippen LogP contribution in [0.1, 0.15) is 36.0 Å². The summed E-state index contributed by atoms with van der Waals surface area (Å²) in [6.07, 6.45) is 4.86. The first-order valence-corrected chi connectivity index (χ1v) is 10.1. The summed E-state index contributed by atoms with van der Waals surface area (Å²) in [5, 5.41) is 3.44. The van der Waals surface area contributed by atoms with E-state index >= 15 is 0 Å². The molecule has 0 spiro atoms. The van der Waals surface area contributed by atoms with Gasteiger partial charge < -0.3 is 24.4 Å². The monoisotopic (exact) mass is 396 g/mol. The van der Waals surface area contributed by atoms with Crippen LogP contribution in [0.4, 0.5) is 0 Å². The third-order valence-corrected chi connectivity index (χ3v) is 5.55. The molecular weight excluding hydrogens is 372 g/mol. The summed E-state index contributed by atoms with van der Waals surface area (Å²) in [6.45, 7) is 3.24. The Morgan fingerprint density at radius 2 is 2.17 bits per heavy atom. The van der Waals surface area contributed by atoms with Crippen LogP contribution in [-0.2, 0) is 17.8 Å². The van der Waals surface area contributed by atoms with E-state index < -0.39 is 0 Å². The van der Waals surface area contributed by atoms with Crippen LogP contribution in [0.2, 0.25) is 0 Å². The van der Waals surface area contributed by atoms with Gasteiger partial charge in [-0.25, -0.2) is 9.97 Å². The van der Waals surface area contributed by atoms with Gasteiger partial charge in [0.15, 0.2) is 18.1 Å². The van der Waals surface area contributed by atoms with Gasteiger partial charge in [0, 0.05) is 37.3 Å². The van der Waals surface area contributed by atoms with Crippen molar-refractivity contribution in [2.24, 2.45) is 0 Å². The maximum Gasteiger partial charge on any atom is 0.260 e. The van der Waals surface area contributed by atoms with Crippen LogP contribution in [-0.4, -0.2) is 53.7 Å². The number of carbonyl (C=O) groups is 1. The van der Waals surface area contributed by atoms with Crippen molar-refractivity contribution in [3.63, 3.8) is 0 Å². The Bertz CT molecular complexity index is 914. The number of amides is 1. The smallest absolute Gasteiger partial charge is 0.260 e. The van der Waals surface area contributed by atoms with Gasteiger partial charge in [-0.1, -0.05) is 0 Å². The molecule has 5 rings (SSSR count). The van der Waals surface area contributed by atoms with E-state index in [1.165, 1.54) is 0 Å². The maximum absolute atomic E-state index is 12.6. The molecular formula is C21H24N4O4. The molecule has 3 aliphatic heterocycles. The lowest BCUT2D eigenvalue weighted by Gasteiger charge is -2.28. The standard InChI is InChI=1S/C21H24N4O4/c26-20(13-29-15-3-4-18-19(10-15)28-9-8-27-18)25-7-5-16-14(12-25)11-23-21(24-16)17-2-1-6-22-17/h3-4,10-11,17,22H,1-2,5-9,12-13H2. The molecule has 0 aliphatic carbocycles. The van der Waals surface area contributed by atoms with Crippen molar-refractivity contribution >= 4 is 5.91 Å². The average molecular weight is 396 g/mol. The number of fused-ring (bicyclic) bond motifs is 2. The Kier molecular flexibility index (Phi) is 4.93. The number of carbonyl (C=O) groups excluding carboxylic acids is 1. The largest absolute Gasteiger partial charge is 0.486 e. The Morgan fingerprint density at radius 3 is 3.03 bits per heavy atom. The van der Waals surface area contributed by atoms with Gasteiger partial charge in [0.25, 0.3) is 5.91 Å². The molecule has 1 aromatic carbocycles. The summed E-state index contributed by atoms with van der Waals surface area (Å²) in [4.78, 5) is 23.7. The summed E-state index contributed by atoms with van der Waals surface area (Å²) >= 11 is 0. The molecule has 2 aromatic rings. The van der Waals surface area contributed by atoms with Crippen LogP contribution in [0, 0.1) is 0 Å². The highest BCUT2D eigenvalue weighted by atomic mass is 16.6. The SMILES string of the molecule is O=C(COc1ccc2c(c1)OCCO2)N1CCc2nc(C3CCCN3)ncc2C1. The molecule has 1 unspecified atom stereocenters. The van der Waals surface area contributed by atoms with Crippen LogP contribution in [0.3, 0.4) is 0 Å². The van der Waals surface area contributed by atoms with Crippen molar-refractivity contribution in [2.45, 2.75) is 31.8 Å². The zero-order chi connectivity index (χ0) is 19.6. The summed E-state index contributed by atoms with van der Waals surface area (Å²) < 4.78 is 16.8. The fourth-order valence-corrected chi connectivity index (χ4v) is 3.97. The molecule has 1 atom stereocenters. The van der Waals surface area contributed by atoms with Gasteiger partial charge in [-0.2, -0.15) is 0 Å². The van der Waals surface area contributed by atoms with Crippen molar-refractivity contribution in [3.8, 4) is 17.2 Å². The second-order valence-electron chi connectivity index (χ2n) is 7.51. The first kappa shape index (κ1) is 18.2. The van der Waals surface area contributed by atoms with E-state index in [2.05, 4.69) is 10.3 Å². The van der Waals surface area contributed by atoms with E-state index in [-0.39, 0.29) is 18.6 Å². The zero-order valence-electron chi connectivity index (χ0n) is 16.2. The van der Waals surface area contributed by atoms with Gasteiger partial charge in [-0.3, -0.25) is 4.79 Å². The predicted octanol–water partition coefficient (Wildman–Crippen LogP) is 1.64. The van der Waals surface area contributed by atoms with Crippen LogP contribution in [0.5, 0.6) is 17.2 Å². The Morgan fingerprint density at radius 1 is 1.28 bits per heavy atom. The lowest BCUT2D eigenvalue weighted by atomic mass is 10.1. The minimum absolute atomic E-state index is 0.0140. The van der Waals surface area contributed by atoms with Gasteiger partial charge in [-0.15, -0.1) is 0 Å². The van der Waals surface area contributed by atoms with Crippen molar-refractivity contribution < 1.29 is 19.0 Å². The highest BCUT2D eigenvalue weighted by Gasteiger charge is 2.25. The summed E-state index contributed by atoms with van der Waals surface area (Å²) in [5.74, 6) is 2.78. The maximum atomic E-state index is 12.6. The lowest BCUT2D eigenvalue weighted by Crippen LogP contribution is -2.39. The highest BCUT2D eigenvalue weighted by Crippen LogP contribution is 2.33. The number of hydrogen-bond acceptors (Lipinski definition) is 7. The van der Waals surface area contributed by atoms with Gasteiger partial charge in [0.05, 0.1) is 11.7 Å². The van der Waals surface area contributed by atoms with Crippen molar-refractivity contribution in [1.82, 2.24) is 20.2 Å². The summed E-state index contributed by atoms with van der Waals surface area (Å²) in [7, 11) is 0. The molecule has 0 bridgehead atoms. The molecule has 152 valence electrons. The van der Waals surface area contributed by atoms with Gasteiger partial charge in [0.2, 0.25) is 0 Å². The van der Waals surface area contributed by atoms with Crippen molar-refractivity contribution in [1.29, 1.82) is 0 Å². The second-order valence-corrected chi connectivity index (χ2v) is 7.51. The van der Waals surface area contributed by atoms with Crippen LogP contribution >= 0.6 is 0 Å². The molecule has 4 heterocycles. The number of hydrogen-bond donors (Lipinski definition) is 1. The van der Waals surface area contributed by atoms with E-state index in [0.717, 1.165) is 42.9 Å². The van der Waals surface area contributed by atoms with Crippen LogP contribution in [0.15, 0.2) is 24.4 Å². The van der Waals surface area contributed by atoms with Crippen molar-refractivity contribution in [2.75, 3.05) is 32.9 Å². The Labute approximate surface area is 169 Å². The molecule has 8 nitrogen and oxygen atoms in total. The third kappa shape index (κ3) is 3.85. The number of benzene rings is 1. The molecule has 0 saturated carbocycles. The minimum atomic E-state index is -0.0490. The molecule has 0 radical (unpaired) electrons. The van der Waals surface area contributed by atoms with Crippen molar-refractivity contribution in [3.05, 3.63) is 41.5 Å². The van der Waals surface area contributed by atoms with Gasteiger partial charge in [-0.05, 0) is 31.5 Å². The fraction of sp³-hybridized carbons (Fsp3) is 0.476. The van der Waals surface area contributed by atoms with Crippen LogP contribution in [0.25, 0.3) is 0 Å². The average Bonchev–Trinajstić information content (AvgIpc) is 3.31. The quantitative estimate of drug-likeness (QED) is 0.841.